The van der Waals surface area contributed by atoms with E-state index in [9.17, 15) is 0 Å². The zero-order valence-electron chi connectivity index (χ0n) is 11.5. The Hall–Kier alpha value is -1.62. The maximum atomic E-state index is 4.38. The Morgan fingerprint density at radius 3 is 2.72 bits per heavy atom. The van der Waals surface area contributed by atoms with Crippen LogP contribution in [0.4, 0.5) is 0 Å². The second-order valence-corrected chi connectivity index (χ2v) is 4.89. The van der Waals surface area contributed by atoms with E-state index in [-0.39, 0.29) is 0 Å². The van der Waals surface area contributed by atoms with Crippen LogP contribution in [0.2, 0.25) is 0 Å². The zero-order chi connectivity index (χ0) is 13.1. The van der Waals surface area contributed by atoms with Crippen molar-refractivity contribution in [1.82, 2.24) is 24.6 Å². The monoisotopic (exact) mass is 247 g/mol. The van der Waals surface area contributed by atoms with Gasteiger partial charge in [0.25, 0.3) is 0 Å². The quantitative estimate of drug-likeness (QED) is 0.874. The third-order valence-electron chi connectivity index (χ3n) is 3.10. The van der Waals surface area contributed by atoms with E-state index >= 15 is 0 Å². The van der Waals surface area contributed by atoms with Crippen molar-refractivity contribution in [3.8, 4) is 0 Å². The first kappa shape index (κ1) is 12.8. The van der Waals surface area contributed by atoms with Crippen LogP contribution < -0.4 is 5.32 Å². The Kier molecular flexibility index (Phi) is 3.81. The minimum atomic E-state index is 0.303. The summed E-state index contributed by atoms with van der Waals surface area (Å²) in [5.74, 6) is 0. The summed E-state index contributed by atoms with van der Waals surface area (Å²) in [6, 6.07) is 0.686. The minimum absolute atomic E-state index is 0.303. The van der Waals surface area contributed by atoms with Crippen LogP contribution in [-0.2, 0) is 13.6 Å². The fourth-order valence-corrected chi connectivity index (χ4v) is 2.32. The van der Waals surface area contributed by atoms with Crippen LogP contribution in [0.3, 0.4) is 0 Å². The molecular weight excluding hydrogens is 226 g/mol. The van der Waals surface area contributed by atoms with E-state index in [0.717, 1.165) is 12.2 Å². The summed E-state index contributed by atoms with van der Waals surface area (Å²) in [4.78, 5) is 4.05. The standard InChI is InChI=1S/C13H21N5/c1-10(7-18-6-5-14-9-18)15-11(2)13-8-17(4)16-12(13)3/h5-6,8-11,15H,7H2,1-4H3. The Bertz CT molecular complexity index is 485. The highest BCUT2D eigenvalue weighted by molar-refractivity contribution is 5.19. The van der Waals surface area contributed by atoms with Crippen LogP contribution in [0.1, 0.15) is 31.1 Å². The molecule has 0 amide bonds. The maximum absolute atomic E-state index is 4.38. The van der Waals surface area contributed by atoms with Gasteiger partial charge in [0.1, 0.15) is 0 Å². The lowest BCUT2D eigenvalue weighted by Gasteiger charge is -2.20. The van der Waals surface area contributed by atoms with Gasteiger partial charge in [-0.05, 0) is 20.8 Å². The molecule has 2 rings (SSSR count). The van der Waals surface area contributed by atoms with E-state index in [1.54, 1.807) is 6.20 Å². The summed E-state index contributed by atoms with van der Waals surface area (Å²) in [5.41, 5.74) is 2.35. The van der Waals surface area contributed by atoms with Crippen LogP contribution in [0.25, 0.3) is 0 Å². The number of hydrogen-bond acceptors (Lipinski definition) is 3. The van der Waals surface area contributed by atoms with Gasteiger partial charge in [0, 0.05) is 49.8 Å². The average Bonchev–Trinajstić information content (AvgIpc) is 2.88. The number of nitrogens with zero attached hydrogens (tertiary/aromatic N) is 4. The van der Waals surface area contributed by atoms with Crippen molar-refractivity contribution in [3.63, 3.8) is 0 Å². The van der Waals surface area contributed by atoms with Gasteiger partial charge in [0.2, 0.25) is 0 Å². The van der Waals surface area contributed by atoms with Crippen LogP contribution in [0.5, 0.6) is 0 Å². The zero-order valence-corrected chi connectivity index (χ0v) is 11.5. The molecule has 0 bridgehead atoms. The Morgan fingerprint density at radius 1 is 1.39 bits per heavy atom. The highest BCUT2D eigenvalue weighted by Crippen LogP contribution is 2.16. The summed E-state index contributed by atoms with van der Waals surface area (Å²) in [6.07, 6.45) is 7.72. The second kappa shape index (κ2) is 5.35. The van der Waals surface area contributed by atoms with Crippen molar-refractivity contribution in [1.29, 1.82) is 0 Å². The topological polar surface area (TPSA) is 47.7 Å². The predicted octanol–water partition coefficient (Wildman–Crippen LogP) is 1.66. The van der Waals surface area contributed by atoms with E-state index in [1.165, 1.54) is 5.56 Å². The highest BCUT2D eigenvalue weighted by Gasteiger charge is 2.14. The first-order valence-electron chi connectivity index (χ1n) is 6.28. The summed E-state index contributed by atoms with van der Waals surface area (Å²) < 4.78 is 3.95. The van der Waals surface area contributed by atoms with Crippen molar-refractivity contribution in [2.45, 2.75) is 39.4 Å². The molecule has 0 aromatic carbocycles. The third kappa shape index (κ3) is 2.98. The second-order valence-electron chi connectivity index (χ2n) is 4.89. The molecule has 2 heterocycles. The van der Waals surface area contributed by atoms with E-state index < -0.39 is 0 Å². The lowest BCUT2D eigenvalue weighted by Crippen LogP contribution is -2.32. The molecule has 0 fully saturated rings. The molecule has 0 radical (unpaired) electrons. The van der Waals surface area contributed by atoms with E-state index in [2.05, 4.69) is 40.0 Å². The molecule has 2 aromatic rings. The molecule has 0 saturated carbocycles. The Labute approximate surface area is 108 Å². The summed E-state index contributed by atoms with van der Waals surface area (Å²) >= 11 is 0. The van der Waals surface area contributed by atoms with E-state index in [1.807, 2.05) is 31.2 Å². The lowest BCUT2D eigenvalue weighted by atomic mass is 10.1. The molecule has 2 aromatic heterocycles. The first-order chi connectivity index (χ1) is 8.56. The maximum Gasteiger partial charge on any atom is 0.0946 e. The van der Waals surface area contributed by atoms with Crippen LogP contribution in [0, 0.1) is 6.92 Å². The molecule has 98 valence electrons. The largest absolute Gasteiger partial charge is 0.336 e. The molecule has 0 aliphatic heterocycles. The molecule has 18 heavy (non-hydrogen) atoms. The van der Waals surface area contributed by atoms with Gasteiger partial charge in [-0.2, -0.15) is 5.10 Å². The molecule has 0 saturated heterocycles. The summed E-state index contributed by atoms with van der Waals surface area (Å²) in [7, 11) is 1.96. The van der Waals surface area contributed by atoms with Gasteiger partial charge in [-0.25, -0.2) is 4.98 Å². The molecule has 0 aliphatic carbocycles. The van der Waals surface area contributed by atoms with Crippen LogP contribution in [-0.4, -0.2) is 25.4 Å². The van der Waals surface area contributed by atoms with Crippen LogP contribution in [0.15, 0.2) is 24.9 Å². The van der Waals surface area contributed by atoms with Gasteiger partial charge >= 0.3 is 0 Å². The molecule has 2 atom stereocenters. The fourth-order valence-electron chi connectivity index (χ4n) is 2.32. The number of nitrogens with one attached hydrogen (secondary N) is 1. The van der Waals surface area contributed by atoms with Gasteiger partial charge in [-0.3, -0.25) is 4.68 Å². The first-order valence-corrected chi connectivity index (χ1v) is 6.28. The number of hydrogen-bond donors (Lipinski definition) is 1. The van der Waals surface area contributed by atoms with Crippen molar-refractivity contribution in [2.24, 2.45) is 7.05 Å². The van der Waals surface area contributed by atoms with Crippen molar-refractivity contribution in [3.05, 3.63) is 36.2 Å². The van der Waals surface area contributed by atoms with Gasteiger partial charge in [-0.1, -0.05) is 0 Å². The number of aromatic nitrogens is 4. The van der Waals surface area contributed by atoms with E-state index in [0.29, 0.717) is 12.1 Å². The third-order valence-corrected chi connectivity index (χ3v) is 3.10. The molecule has 5 nitrogen and oxygen atoms in total. The highest BCUT2D eigenvalue weighted by atomic mass is 15.3. The molecule has 0 spiro atoms. The minimum Gasteiger partial charge on any atom is -0.336 e. The summed E-state index contributed by atoms with van der Waals surface area (Å²) in [5, 5.41) is 7.96. The van der Waals surface area contributed by atoms with Crippen molar-refractivity contribution >= 4 is 0 Å². The van der Waals surface area contributed by atoms with Crippen LogP contribution >= 0.6 is 0 Å². The predicted molar refractivity (Wildman–Crippen MR) is 71.2 cm³/mol. The number of aryl methyl sites for hydroxylation is 2. The fraction of sp³-hybridized carbons (Fsp3) is 0.538. The summed E-state index contributed by atoms with van der Waals surface area (Å²) in [6.45, 7) is 7.33. The smallest absolute Gasteiger partial charge is 0.0946 e. The van der Waals surface area contributed by atoms with Gasteiger partial charge < -0.3 is 9.88 Å². The number of rotatable bonds is 5. The van der Waals surface area contributed by atoms with Gasteiger partial charge in [0.05, 0.1) is 12.0 Å². The van der Waals surface area contributed by atoms with Gasteiger partial charge in [-0.15, -0.1) is 0 Å². The molecule has 1 N–H and O–H groups in total. The lowest BCUT2D eigenvalue weighted by molar-refractivity contribution is 0.429. The average molecular weight is 247 g/mol. The molecule has 2 unspecified atom stereocenters. The Morgan fingerprint density at radius 2 is 2.17 bits per heavy atom. The Balaban J connectivity index is 1.94. The normalized spacial score (nSPS) is 14.7. The van der Waals surface area contributed by atoms with Gasteiger partial charge in [0.15, 0.2) is 0 Å². The van der Waals surface area contributed by atoms with Crippen molar-refractivity contribution in [2.75, 3.05) is 0 Å². The SMILES string of the molecule is Cc1nn(C)cc1C(C)NC(C)Cn1ccnc1. The molecule has 0 aliphatic rings. The van der Waals surface area contributed by atoms with E-state index in [4.69, 9.17) is 0 Å². The molecular formula is C13H21N5. The molecule has 5 heteroatoms. The number of imidazole rings is 1. The van der Waals surface area contributed by atoms with Crippen molar-refractivity contribution < 1.29 is 0 Å².